The van der Waals surface area contributed by atoms with Crippen LogP contribution < -0.4 is 5.73 Å². The molecule has 0 radical (unpaired) electrons. The zero-order valence-electron chi connectivity index (χ0n) is 11.0. The lowest BCUT2D eigenvalue weighted by molar-refractivity contribution is -0.178. The summed E-state index contributed by atoms with van der Waals surface area (Å²) in [6.45, 7) is 2.48. The lowest BCUT2D eigenvalue weighted by Gasteiger charge is -2.57. The Bertz CT molecular complexity index is 428. The Morgan fingerprint density at radius 2 is 2.16 bits per heavy atom. The SMILES string of the molecule is CC(=O)N1CCCCC12CN([C@@H](CS)C(N)=O)C2=O. The Morgan fingerprint density at radius 1 is 1.47 bits per heavy atom. The topological polar surface area (TPSA) is 83.7 Å². The van der Waals surface area contributed by atoms with E-state index in [1.54, 1.807) is 4.90 Å². The molecule has 2 heterocycles. The van der Waals surface area contributed by atoms with Gasteiger partial charge in [0.05, 0.1) is 6.54 Å². The van der Waals surface area contributed by atoms with Crippen LogP contribution in [0.1, 0.15) is 26.2 Å². The van der Waals surface area contributed by atoms with E-state index in [1.165, 1.54) is 11.8 Å². The summed E-state index contributed by atoms with van der Waals surface area (Å²) in [5.41, 5.74) is 4.53. The van der Waals surface area contributed by atoms with Crippen LogP contribution in [0.4, 0.5) is 0 Å². The summed E-state index contributed by atoms with van der Waals surface area (Å²) >= 11 is 4.06. The van der Waals surface area contributed by atoms with Crippen LogP contribution in [-0.2, 0) is 14.4 Å². The molecule has 2 saturated heterocycles. The van der Waals surface area contributed by atoms with Crippen LogP contribution in [0.2, 0.25) is 0 Å². The minimum Gasteiger partial charge on any atom is -0.368 e. The molecule has 2 atom stereocenters. The molecule has 106 valence electrons. The molecular formula is C12H19N3O3S. The molecule has 2 N–H and O–H groups in total. The van der Waals surface area contributed by atoms with E-state index in [-0.39, 0.29) is 17.6 Å². The maximum Gasteiger partial charge on any atom is 0.251 e. The number of likely N-dealkylation sites (tertiary alicyclic amines) is 2. The average molecular weight is 285 g/mol. The van der Waals surface area contributed by atoms with Crippen molar-refractivity contribution >= 4 is 30.4 Å². The Hall–Kier alpha value is -1.24. The number of piperidine rings is 1. The smallest absolute Gasteiger partial charge is 0.251 e. The highest BCUT2D eigenvalue weighted by Gasteiger charge is 2.59. The number of primary amides is 1. The summed E-state index contributed by atoms with van der Waals surface area (Å²) < 4.78 is 0. The van der Waals surface area contributed by atoms with Crippen molar-refractivity contribution in [3.63, 3.8) is 0 Å². The van der Waals surface area contributed by atoms with Gasteiger partial charge in [0.1, 0.15) is 11.6 Å². The van der Waals surface area contributed by atoms with Crippen LogP contribution in [0.15, 0.2) is 0 Å². The van der Waals surface area contributed by atoms with Crippen molar-refractivity contribution in [3.05, 3.63) is 0 Å². The van der Waals surface area contributed by atoms with E-state index in [0.29, 0.717) is 19.5 Å². The number of hydrogen-bond donors (Lipinski definition) is 2. The molecule has 3 amide bonds. The van der Waals surface area contributed by atoms with Crippen molar-refractivity contribution in [2.75, 3.05) is 18.8 Å². The Labute approximate surface area is 117 Å². The molecule has 1 spiro atoms. The molecule has 2 aliphatic heterocycles. The summed E-state index contributed by atoms with van der Waals surface area (Å²) in [6, 6.07) is -0.683. The molecule has 0 aromatic carbocycles. The monoisotopic (exact) mass is 285 g/mol. The second-order valence-electron chi connectivity index (χ2n) is 5.19. The van der Waals surface area contributed by atoms with E-state index < -0.39 is 17.5 Å². The number of amides is 3. The fourth-order valence-electron chi connectivity index (χ4n) is 3.07. The molecular weight excluding hydrogens is 266 g/mol. The van der Waals surface area contributed by atoms with Crippen LogP contribution in [0.5, 0.6) is 0 Å². The van der Waals surface area contributed by atoms with Crippen molar-refractivity contribution in [1.29, 1.82) is 0 Å². The van der Waals surface area contributed by atoms with Gasteiger partial charge >= 0.3 is 0 Å². The molecule has 19 heavy (non-hydrogen) atoms. The third-order valence-electron chi connectivity index (χ3n) is 4.09. The molecule has 6 nitrogen and oxygen atoms in total. The van der Waals surface area contributed by atoms with Gasteiger partial charge in [-0.2, -0.15) is 12.6 Å². The number of carbonyl (C=O) groups is 3. The summed E-state index contributed by atoms with van der Waals surface area (Å²) in [5, 5.41) is 0. The molecule has 0 aliphatic carbocycles. The zero-order valence-corrected chi connectivity index (χ0v) is 11.9. The fourth-order valence-corrected chi connectivity index (χ4v) is 3.45. The molecule has 2 fully saturated rings. The summed E-state index contributed by atoms with van der Waals surface area (Å²) in [6.07, 6.45) is 2.51. The van der Waals surface area contributed by atoms with Crippen molar-refractivity contribution in [3.8, 4) is 0 Å². The maximum absolute atomic E-state index is 12.4. The number of nitrogens with zero attached hydrogens (tertiary/aromatic N) is 2. The summed E-state index contributed by atoms with van der Waals surface area (Å²) in [4.78, 5) is 38.5. The number of hydrogen-bond acceptors (Lipinski definition) is 4. The van der Waals surface area contributed by atoms with E-state index in [9.17, 15) is 14.4 Å². The molecule has 0 aromatic rings. The lowest BCUT2D eigenvalue weighted by Crippen LogP contribution is -2.78. The molecule has 0 bridgehead atoms. The molecule has 7 heteroatoms. The highest BCUT2D eigenvalue weighted by atomic mass is 32.1. The van der Waals surface area contributed by atoms with Crippen LogP contribution in [0.25, 0.3) is 0 Å². The van der Waals surface area contributed by atoms with E-state index in [4.69, 9.17) is 5.73 Å². The first-order chi connectivity index (χ1) is 8.94. The standard InChI is InChI=1S/C12H19N3O3S/c1-8(16)15-5-3-2-4-12(15)7-14(11(12)18)9(6-19)10(13)17/h9,19H,2-7H2,1H3,(H2,13,17)/t9-,12?/m0/s1. The van der Waals surface area contributed by atoms with Crippen molar-refractivity contribution in [2.45, 2.75) is 37.8 Å². The van der Waals surface area contributed by atoms with Gasteiger partial charge in [0.2, 0.25) is 11.8 Å². The third kappa shape index (κ3) is 2.09. The molecule has 2 rings (SSSR count). The third-order valence-corrected chi connectivity index (χ3v) is 4.43. The largest absolute Gasteiger partial charge is 0.368 e. The second kappa shape index (κ2) is 5.03. The van der Waals surface area contributed by atoms with Crippen LogP contribution >= 0.6 is 12.6 Å². The normalized spacial score (nSPS) is 28.2. The number of carbonyl (C=O) groups excluding carboxylic acids is 3. The van der Waals surface area contributed by atoms with E-state index in [0.717, 1.165) is 12.8 Å². The minimum absolute atomic E-state index is 0.0887. The fraction of sp³-hybridized carbons (Fsp3) is 0.750. The first kappa shape index (κ1) is 14.2. The Kier molecular flexibility index (Phi) is 3.75. The predicted molar refractivity (Wildman–Crippen MR) is 72.5 cm³/mol. The van der Waals surface area contributed by atoms with E-state index in [1.807, 2.05) is 0 Å². The number of rotatable bonds is 3. The number of thiol groups is 1. The first-order valence-corrected chi connectivity index (χ1v) is 7.07. The van der Waals surface area contributed by atoms with Gasteiger partial charge in [-0.25, -0.2) is 0 Å². The molecule has 1 unspecified atom stereocenters. The highest BCUT2D eigenvalue weighted by molar-refractivity contribution is 7.80. The molecule has 2 aliphatic rings. The number of nitrogens with two attached hydrogens (primary N) is 1. The Morgan fingerprint density at radius 3 is 2.63 bits per heavy atom. The predicted octanol–water partition coefficient (Wildman–Crippen LogP) is -0.616. The van der Waals surface area contributed by atoms with Gasteiger partial charge in [0.15, 0.2) is 0 Å². The average Bonchev–Trinajstić information content (AvgIpc) is 2.38. The van der Waals surface area contributed by atoms with Crippen molar-refractivity contribution in [1.82, 2.24) is 9.80 Å². The molecule has 0 saturated carbocycles. The maximum atomic E-state index is 12.4. The quantitative estimate of drug-likeness (QED) is 0.535. The Balaban J connectivity index is 2.18. The number of β-lactam (4-membered cyclic amide) rings is 1. The van der Waals surface area contributed by atoms with Gasteiger partial charge < -0.3 is 15.5 Å². The van der Waals surface area contributed by atoms with Crippen molar-refractivity contribution in [2.24, 2.45) is 5.73 Å². The van der Waals surface area contributed by atoms with Gasteiger partial charge in [-0.05, 0) is 19.3 Å². The van der Waals surface area contributed by atoms with Gasteiger partial charge in [-0.15, -0.1) is 0 Å². The molecule has 0 aromatic heterocycles. The minimum atomic E-state index is -0.735. The van der Waals surface area contributed by atoms with Crippen LogP contribution in [0.3, 0.4) is 0 Å². The van der Waals surface area contributed by atoms with Gasteiger partial charge in [0, 0.05) is 19.2 Å². The highest BCUT2D eigenvalue weighted by Crippen LogP contribution is 2.39. The summed E-state index contributed by atoms with van der Waals surface area (Å²) in [5.74, 6) is -0.602. The van der Waals surface area contributed by atoms with Crippen LogP contribution in [-0.4, -0.2) is 57.9 Å². The lowest BCUT2D eigenvalue weighted by atomic mass is 9.77. The summed E-state index contributed by atoms with van der Waals surface area (Å²) in [7, 11) is 0. The van der Waals surface area contributed by atoms with E-state index in [2.05, 4.69) is 12.6 Å². The van der Waals surface area contributed by atoms with Gasteiger partial charge in [-0.1, -0.05) is 0 Å². The first-order valence-electron chi connectivity index (χ1n) is 6.43. The zero-order chi connectivity index (χ0) is 14.2. The van der Waals surface area contributed by atoms with Crippen LogP contribution in [0, 0.1) is 0 Å². The van der Waals surface area contributed by atoms with E-state index >= 15 is 0 Å². The van der Waals surface area contributed by atoms with Gasteiger partial charge in [0.25, 0.3) is 5.91 Å². The van der Waals surface area contributed by atoms with Gasteiger partial charge in [-0.3, -0.25) is 14.4 Å². The van der Waals surface area contributed by atoms with Crippen molar-refractivity contribution < 1.29 is 14.4 Å². The second-order valence-corrected chi connectivity index (χ2v) is 5.56.